The summed E-state index contributed by atoms with van der Waals surface area (Å²) in [6.07, 6.45) is 0.387. The van der Waals surface area contributed by atoms with Crippen LogP contribution in [0.5, 0.6) is 0 Å². The molecular formula is C19H13Cl3N4O3S. The van der Waals surface area contributed by atoms with Crippen LogP contribution in [0.25, 0.3) is 0 Å². The molecule has 0 saturated heterocycles. The second-order valence-corrected chi connectivity index (χ2v) is 9.24. The van der Waals surface area contributed by atoms with E-state index in [1.165, 1.54) is 30.5 Å². The highest BCUT2D eigenvalue weighted by atomic mass is 35.5. The fourth-order valence-corrected chi connectivity index (χ4v) is 4.54. The largest absolute Gasteiger partial charge is 0.368 e. The van der Waals surface area contributed by atoms with E-state index >= 15 is 0 Å². The number of hydrazone groups is 1. The lowest BCUT2D eigenvalue weighted by Gasteiger charge is -2.23. The van der Waals surface area contributed by atoms with Crippen molar-refractivity contribution in [1.82, 2.24) is 10.4 Å². The van der Waals surface area contributed by atoms with Gasteiger partial charge in [0.2, 0.25) is 0 Å². The number of aromatic nitrogens is 1. The summed E-state index contributed by atoms with van der Waals surface area (Å²) in [4.78, 5) is 4.20. The predicted molar refractivity (Wildman–Crippen MR) is 117 cm³/mol. The summed E-state index contributed by atoms with van der Waals surface area (Å²) >= 11 is 17.9. The molecular weight excluding hydrogens is 471 g/mol. The van der Waals surface area contributed by atoms with Gasteiger partial charge in [0.05, 0.1) is 25.7 Å². The number of benzene rings is 2. The zero-order valence-electron chi connectivity index (χ0n) is 15.0. The van der Waals surface area contributed by atoms with Crippen molar-refractivity contribution in [1.29, 1.82) is 0 Å². The summed E-state index contributed by atoms with van der Waals surface area (Å²) in [5, 5.41) is 14.9. The van der Waals surface area contributed by atoms with Gasteiger partial charge in [-0.05, 0) is 24.3 Å². The molecule has 0 spiro atoms. The molecule has 7 nitrogen and oxygen atoms in total. The number of halogens is 3. The van der Waals surface area contributed by atoms with Gasteiger partial charge < -0.3 is 5.11 Å². The van der Waals surface area contributed by atoms with Crippen molar-refractivity contribution >= 4 is 56.2 Å². The highest BCUT2D eigenvalue weighted by Gasteiger charge is 2.26. The van der Waals surface area contributed by atoms with Crippen LogP contribution >= 0.6 is 34.8 Å². The molecule has 2 heterocycles. The van der Waals surface area contributed by atoms with Crippen LogP contribution in [0, 0.1) is 0 Å². The summed E-state index contributed by atoms with van der Waals surface area (Å²) in [6.45, 7) is 0. The standard InChI is InChI=1S/C19H13Cl3N4O3S/c20-10-7-16(26-30(28,29)11-5-6-14(21)15(22)8-11)18(23-9-10)17-12-3-1-2-4-13(12)19(27)25-24-17/h1-9,19,25-27H. The molecule has 3 aromatic rings. The maximum atomic E-state index is 12.9. The minimum absolute atomic E-state index is 0.0812. The summed E-state index contributed by atoms with van der Waals surface area (Å²) in [5.41, 5.74) is 4.47. The Kier molecular flexibility index (Phi) is 5.61. The van der Waals surface area contributed by atoms with E-state index in [1.54, 1.807) is 24.3 Å². The number of anilines is 1. The van der Waals surface area contributed by atoms with Gasteiger partial charge in [-0.15, -0.1) is 0 Å². The first-order valence-corrected chi connectivity index (χ1v) is 11.1. The first kappa shape index (κ1) is 20.9. The molecule has 0 saturated carbocycles. The van der Waals surface area contributed by atoms with Crippen LogP contribution in [-0.4, -0.2) is 24.2 Å². The molecule has 2 aromatic carbocycles. The molecule has 1 aliphatic rings. The Balaban J connectivity index is 1.80. The second-order valence-electron chi connectivity index (χ2n) is 6.31. The van der Waals surface area contributed by atoms with Crippen LogP contribution in [-0.2, 0) is 10.0 Å². The number of aliphatic hydroxyl groups excluding tert-OH is 1. The van der Waals surface area contributed by atoms with E-state index in [4.69, 9.17) is 34.8 Å². The quantitative estimate of drug-likeness (QED) is 0.516. The summed E-state index contributed by atoms with van der Waals surface area (Å²) < 4.78 is 28.3. The zero-order chi connectivity index (χ0) is 21.5. The molecule has 154 valence electrons. The van der Waals surface area contributed by atoms with Gasteiger partial charge in [0.15, 0.2) is 6.23 Å². The molecule has 0 bridgehead atoms. The number of pyridine rings is 1. The van der Waals surface area contributed by atoms with Crippen LogP contribution in [0.3, 0.4) is 0 Å². The van der Waals surface area contributed by atoms with E-state index in [0.717, 1.165) is 0 Å². The fourth-order valence-electron chi connectivity index (χ4n) is 2.94. The van der Waals surface area contributed by atoms with Crippen LogP contribution < -0.4 is 10.1 Å². The molecule has 0 radical (unpaired) electrons. The van der Waals surface area contributed by atoms with Crippen molar-refractivity contribution in [3.8, 4) is 0 Å². The minimum Gasteiger partial charge on any atom is -0.368 e. The van der Waals surface area contributed by atoms with Gasteiger partial charge in [0.1, 0.15) is 11.4 Å². The summed E-state index contributed by atoms with van der Waals surface area (Å²) in [6, 6.07) is 12.4. The van der Waals surface area contributed by atoms with E-state index in [0.29, 0.717) is 16.8 Å². The lowest BCUT2D eigenvalue weighted by molar-refractivity contribution is 0.138. The van der Waals surface area contributed by atoms with Crippen molar-refractivity contribution in [2.75, 3.05) is 4.72 Å². The topological polar surface area (TPSA) is 104 Å². The monoisotopic (exact) mass is 482 g/mol. The van der Waals surface area contributed by atoms with E-state index in [1.807, 2.05) is 0 Å². The number of hydrogen-bond donors (Lipinski definition) is 3. The van der Waals surface area contributed by atoms with Crippen LogP contribution in [0.1, 0.15) is 23.0 Å². The molecule has 1 aliphatic heterocycles. The Labute approximate surface area is 187 Å². The van der Waals surface area contributed by atoms with E-state index < -0.39 is 16.3 Å². The number of fused-ring (bicyclic) bond motifs is 1. The Hall–Kier alpha value is -2.36. The number of nitrogens with one attached hydrogen (secondary N) is 2. The Morgan fingerprint density at radius 2 is 1.80 bits per heavy atom. The van der Waals surface area contributed by atoms with Crippen molar-refractivity contribution in [3.63, 3.8) is 0 Å². The van der Waals surface area contributed by atoms with Crippen LogP contribution in [0.15, 0.2) is 64.7 Å². The number of nitrogens with zero attached hydrogens (tertiary/aromatic N) is 2. The normalized spacial score (nSPS) is 15.7. The van der Waals surface area contributed by atoms with Crippen molar-refractivity contribution < 1.29 is 13.5 Å². The number of rotatable bonds is 4. The van der Waals surface area contributed by atoms with Gasteiger partial charge in [0.25, 0.3) is 10.0 Å². The first-order valence-electron chi connectivity index (χ1n) is 8.50. The molecule has 1 atom stereocenters. The van der Waals surface area contributed by atoms with E-state index in [-0.39, 0.29) is 31.3 Å². The third-order valence-corrected chi connectivity index (χ3v) is 6.64. The number of sulfonamides is 1. The molecule has 1 unspecified atom stereocenters. The maximum Gasteiger partial charge on any atom is 0.262 e. The molecule has 3 N–H and O–H groups in total. The first-order chi connectivity index (χ1) is 14.3. The van der Waals surface area contributed by atoms with Gasteiger partial charge >= 0.3 is 0 Å². The Bertz CT molecular complexity index is 1280. The van der Waals surface area contributed by atoms with Gasteiger partial charge in [-0.1, -0.05) is 59.1 Å². The average Bonchev–Trinajstić information content (AvgIpc) is 2.71. The van der Waals surface area contributed by atoms with Crippen molar-refractivity contribution in [3.05, 3.63) is 86.6 Å². The zero-order valence-corrected chi connectivity index (χ0v) is 18.1. The highest BCUT2D eigenvalue weighted by Crippen LogP contribution is 2.30. The molecule has 30 heavy (non-hydrogen) atoms. The van der Waals surface area contributed by atoms with E-state index in [2.05, 4.69) is 20.2 Å². The molecule has 1 aromatic heterocycles. The number of aliphatic hydroxyl groups is 1. The third-order valence-electron chi connectivity index (χ3n) is 4.33. The maximum absolute atomic E-state index is 12.9. The minimum atomic E-state index is -4.04. The highest BCUT2D eigenvalue weighted by molar-refractivity contribution is 7.92. The Morgan fingerprint density at radius 1 is 1.03 bits per heavy atom. The summed E-state index contributed by atoms with van der Waals surface area (Å²) in [5.74, 6) is 0. The lowest BCUT2D eigenvalue weighted by atomic mass is 9.97. The molecule has 11 heteroatoms. The second kappa shape index (κ2) is 8.05. The Morgan fingerprint density at radius 3 is 2.57 bits per heavy atom. The number of hydrogen-bond acceptors (Lipinski definition) is 6. The van der Waals surface area contributed by atoms with Gasteiger partial charge in [-0.3, -0.25) is 15.1 Å². The molecule has 0 amide bonds. The van der Waals surface area contributed by atoms with Gasteiger partial charge in [-0.2, -0.15) is 5.10 Å². The van der Waals surface area contributed by atoms with Crippen molar-refractivity contribution in [2.24, 2.45) is 5.10 Å². The van der Waals surface area contributed by atoms with Crippen molar-refractivity contribution in [2.45, 2.75) is 11.1 Å². The van der Waals surface area contributed by atoms with Gasteiger partial charge in [-0.25, -0.2) is 8.42 Å². The molecule has 0 fully saturated rings. The van der Waals surface area contributed by atoms with E-state index in [9.17, 15) is 13.5 Å². The smallest absolute Gasteiger partial charge is 0.262 e. The predicted octanol–water partition coefficient (Wildman–Crippen LogP) is 4.19. The lowest BCUT2D eigenvalue weighted by Crippen LogP contribution is -2.27. The SMILES string of the molecule is O=S(=O)(Nc1cc(Cl)cnc1C1=NNC(O)c2ccccc21)c1ccc(Cl)c(Cl)c1. The van der Waals surface area contributed by atoms with Gasteiger partial charge in [0, 0.05) is 17.3 Å². The van der Waals surface area contributed by atoms with Crippen LogP contribution in [0.2, 0.25) is 15.1 Å². The third kappa shape index (κ3) is 3.97. The molecule has 4 rings (SSSR count). The molecule has 0 aliphatic carbocycles. The van der Waals surface area contributed by atoms with Crippen LogP contribution in [0.4, 0.5) is 5.69 Å². The average molecular weight is 484 g/mol. The summed E-state index contributed by atoms with van der Waals surface area (Å²) in [7, 11) is -4.04. The fraction of sp³-hybridized carbons (Fsp3) is 0.0526.